The molecule has 0 radical (unpaired) electrons. The summed E-state index contributed by atoms with van der Waals surface area (Å²) in [5.41, 5.74) is -0.902. The molecule has 1 aromatic carbocycles. The zero-order chi connectivity index (χ0) is 19.3. The van der Waals surface area contributed by atoms with Gasteiger partial charge in [-0.2, -0.15) is 9.97 Å². The highest BCUT2D eigenvalue weighted by atomic mass is 35.5. The summed E-state index contributed by atoms with van der Waals surface area (Å²) in [4.78, 5) is 47.9. The molecule has 27 heavy (non-hydrogen) atoms. The lowest BCUT2D eigenvalue weighted by molar-refractivity contribution is -0.384. The van der Waals surface area contributed by atoms with E-state index in [4.69, 9.17) is 27.9 Å². The quantitative estimate of drug-likeness (QED) is 0.294. The third-order valence-corrected chi connectivity index (χ3v) is 4.35. The molecule has 4 rings (SSSR count). The number of rotatable bonds is 2. The monoisotopic (exact) mass is 407 g/mol. The standard InChI is InChI=1S/C15H7Cl2N5O5/c16-14-18-10(23)8-7(5-1-3-6(4-2-5)22(25)26)9-11(24)19-15(17)21-13(9)27-12(8)20-14/h1-4,7H,(H,18,20,23)(H,19,21,24). The molecule has 0 saturated carbocycles. The van der Waals surface area contributed by atoms with E-state index in [2.05, 4.69) is 19.9 Å². The number of nitro benzene ring substituents is 1. The van der Waals surface area contributed by atoms with Gasteiger partial charge in [-0.05, 0) is 28.8 Å². The predicted molar refractivity (Wildman–Crippen MR) is 93.9 cm³/mol. The summed E-state index contributed by atoms with van der Waals surface area (Å²) >= 11 is 11.6. The maximum atomic E-state index is 12.5. The summed E-state index contributed by atoms with van der Waals surface area (Å²) in [6.07, 6.45) is 0. The van der Waals surface area contributed by atoms with Gasteiger partial charge in [0.2, 0.25) is 22.3 Å². The van der Waals surface area contributed by atoms with Crippen molar-refractivity contribution in [3.05, 3.63) is 82.3 Å². The van der Waals surface area contributed by atoms with Gasteiger partial charge < -0.3 is 4.74 Å². The van der Waals surface area contributed by atoms with Crippen LogP contribution in [0.2, 0.25) is 10.6 Å². The summed E-state index contributed by atoms with van der Waals surface area (Å²) < 4.78 is 5.48. The van der Waals surface area contributed by atoms with Crippen molar-refractivity contribution in [2.24, 2.45) is 0 Å². The molecule has 3 heterocycles. The third kappa shape index (κ3) is 2.84. The van der Waals surface area contributed by atoms with Gasteiger partial charge in [0.15, 0.2) is 0 Å². The van der Waals surface area contributed by atoms with Crippen molar-refractivity contribution >= 4 is 28.9 Å². The predicted octanol–water partition coefficient (Wildman–Crippen LogP) is 2.35. The van der Waals surface area contributed by atoms with Gasteiger partial charge in [0, 0.05) is 12.1 Å². The average Bonchev–Trinajstić information content (AvgIpc) is 2.59. The van der Waals surface area contributed by atoms with Crippen LogP contribution < -0.4 is 15.9 Å². The SMILES string of the molecule is O=c1[nH]c(Cl)nc2c1C(c1ccc([N+](=O)[O-])cc1)c1c(nc(Cl)[nH]c1=O)O2. The molecule has 0 amide bonds. The van der Waals surface area contributed by atoms with E-state index in [1.54, 1.807) is 0 Å². The molecule has 10 nitrogen and oxygen atoms in total. The van der Waals surface area contributed by atoms with Gasteiger partial charge in [0.25, 0.3) is 16.8 Å². The number of non-ortho nitro benzene ring substituents is 1. The van der Waals surface area contributed by atoms with Crippen LogP contribution in [0.4, 0.5) is 5.69 Å². The minimum Gasteiger partial charge on any atom is -0.419 e. The number of benzene rings is 1. The molecule has 0 unspecified atom stereocenters. The van der Waals surface area contributed by atoms with E-state index in [-0.39, 0.29) is 39.1 Å². The molecule has 12 heteroatoms. The highest BCUT2D eigenvalue weighted by Crippen LogP contribution is 2.42. The smallest absolute Gasteiger partial charge is 0.269 e. The lowest BCUT2D eigenvalue weighted by Crippen LogP contribution is -2.29. The maximum absolute atomic E-state index is 12.5. The summed E-state index contributed by atoms with van der Waals surface area (Å²) in [6.45, 7) is 0. The van der Waals surface area contributed by atoms with Crippen LogP contribution in [-0.2, 0) is 0 Å². The summed E-state index contributed by atoms with van der Waals surface area (Å²) in [5.74, 6) is -1.20. The van der Waals surface area contributed by atoms with Gasteiger partial charge in [0.1, 0.15) is 0 Å². The Hall–Kier alpha value is -3.24. The molecule has 0 aliphatic carbocycles. The van der Waals surface area contributed by atoms with Crippen molar-refractivity contribution in [1.29, 1.82) is 0 Å². The zero-order valence-electron chi connectivity index (χ0n) is 13.0. The van der Waals surface area contributed by atoms with Gasteiger partial charge in [-0.1, -0.05) is 12.1 Å². The number of aromatic amines is 2. The zero-order valence-corrected chi connectivity index (χ0v) is 14.5. The number of nitro groups is 1. The summed E-state index contributed by atoms with van der Waals surface area (Å²) in [7, 11) is 0. The molecular formula is C15H7Cl2N5O5. The van der Waals surface area contributed by atoms with Crippen molar-refractivity contribution in [1.82, 2.24) is 19.9 Å². The van der Waals surface area contributed by atoms with Gasteiger partial charge in [-0.15, -0.1) is 0 Å². The first-order valence-corrected chi connectivity index (χ1v) is 8.12. The molecule has 2 aromatic heterocycles. The molecule has 0 saturated heterocycles. The fourth-order valence-electron chi connectivity index (χ4n) is 2.89. The van der Waals surface area contributed by atoms with Crippen molar-refractivity contribution < 1.29 is 9.66 Å². The second kappa shape index (κ2) is 6.18. The number of ether oxygens (including phenoxy) is 1. The number of aromatic nitrogens is 4. The van der Waals surface area contributed by atoms with Crippen LogP contribution in [0.15, 0.2) is 33.9 Å². The molecule has 136 valence electrons. The fraction of sp³-hybridized carbons (Fsp3) is 0.0667. The molecule has 3 aromatic rings. The van der Waals surface area contributed by atoms with Crippen LogP contribution in [0.1, 0.15) is 22.6 Å². The van der Waals surface area contributed by atoms with Gasteiger partial charge in [-0.3, -0.25) is 29.7 Å². The second-order valence-corrected chi connectivity index (χ2v) is 6.25. The summed E-state index contributed by atoms with van der Waals surface area (Å²) in [5, 5.41) is 10.5. The Bertz CT molecular complexity index is 1140. The third-order valence-electron chi connectivity index (χ3n) is 3.99. The Kier molecular flexibility index (Phi) is 3.93. The van der Waals surface area contributed by atoms with E-state index in [1.165, 1.54) is 24.3 Å². The summed E-state index contributed by atoms with van der Waals surface area (Å²) in [6, 6.07) is 5.39. The molecule has 0 atom stereocenters. The van der Waals surface area contributed by atoms with Gasteiger partial charge in [0.05, 0.1) is 22.0 Å². The highest BCUT2D eigenvalue weighted by Gasteiger charge is 2.36. The lowest BCUT2D eigenvalue weighted by atomic mass is 9.85. The van der Waals surface area contributed by atoms with E-state index < -0.39 is 22.0 Å². The Morgan fingerprint density at radius 1 is 0.963 bits per heavy atom. The van der Waals surface area contributed by atoms with Gasteiger partial charge >= 0.3 is 0 Å². The van der Waals surface area contributed by atoms with Crippen molar-refractivity contribution in [3.63, 3.8) is 0 Å². The molecule has 2 N–H and O–H groups in total. The number of nitrogens with one attached hydrogen (secondary N) is 2. The number of H-pyrrole nitrogens is 2. The Labute approximate surface area is 158 Å². The molecule has 1 aliphatic rings. The molecule has 1 aliphatic heterocycles. The molecule has 0 bridgehead atoms. The van der Waals surface area contributed by atoms with Crippen LogP contribution in [0.25, 0.3) is 0 Å². The van der Waals surface area contributed by atoms with E-state index in [1.807, 2.05) is 0 Å². The molecule has 0 spiro atoms. The Morgan fingerprint density at radius 2 is 1.44 bits per heavy atom. The first kappa shape index (κ1) is 17.2. The first-order chi connectivity index (χ1) is 12.8. The minimum absolute atomic E-state index is 0.0235. The molecular weight excluding hydrogens is 401 g/mol. The average molecular weight is 408 g/mol. The number of halogens is 2. The van der Waals surface area contributed by atoms with Gasteiger partial charge in [-0.25, -0.2) is 0 Å². The number of fused-ring (bicyclic) bond motifs is 2. The largest absolute Gasteiger partial charge is 0.419 e. The maximum Gasteiger partial charge on any atom is 0.269 e. The minimum atomic E-state index is -0.938. The number of hydrogen-bond acceptors (Lipinski definition) is 7. The lowest BCUT2D eigenvalue weighted by Gasteiger charge is -2.25. The van der Waals surface area contributed by atoms with Crippen molar-refractivity contribution in [2.75, 3.05) is 0 Å². The van der Waals surface area contributed by atoms with Crippen LogP contribution in [0, 0.1) is 10.1 Å². The van der Waals surface area contributed by atoms with Crippen LogP contribution in [0.5, 0.6) is 11.8 Å². The van der Waals surface area contributed by atoms with Crippen molar-refractivity contribution in [2.45, 2.75) is 5.92 Å². The normalized spacial score (nSPS) is 12.8. The number of hydrogen-bond donors (Lipinski definition) is 2. The second-order valence-electron chi connectivity index (χ2n) is 5.53. The van der Waals surface area contributed by atoms with Crippen LogP contribution >= 0.6 is 23.2 Å². The van der Waals surface area contributed by atoms with E-state index in [0.717, 1.165) is 0 Å². The van der Waals surface area contributed by atoms with Crippen molar-refractivity contribution in [3.8, 4) is 11.8 Å². The van der Waals surface area contributed by atoms with Crippen LogP contribution in [-0.4, -0.2) is 24.9 Å². The molecule has 0 fully saturated rings. The topological polar surface area (TPSA) is 144 Å². The number of nitrogens with zero attached hydrogens (tertiary/aromatic N) is 3. The van der Waals surface area contributed by atoms with Crippen LogP contribution in [0.3, 0.4) is 0 Å². The first-order valence-electron chi connectivity index (χ1n) is 7.37. The van der Waals surface area contributed by atoms with E-state index in [9.17, 15) is 19.7 Å². The Morgan fingerprint density at radius 3 is 1.89 bits per heavy atom. The highest BCUT2D eigenvalue weighted by molar-refractivity contribution is 6.28. The van der Waals surface area contributed by atoms with E-state index >= 15 is 0 Å². The van der Waals surface area contributed by atoms with E-state index in [0.29, 0.717) is 5.56 Å². The Balaban J connectivity index is 2.02. The fourth-order valence-corrected chi connectivity index (χ4v) is 3.22.